The Hall–Kier alpha value is -3.72. The van der Waals surface area contributed by atoms with Gasteiger partial charge in [-0.3, -0.25) is 9.78 Å². The summed E-state index contributed by atoms with van der Waals surface area (Å²) in [5.41, 5.74) is 3.39. The summed E-state index contributed by atoms with van der Waals surface area (Å²) < 4.78 is 16.9. The fraction of sp³-hybridized carbons (Fsp3) is 0.333. The number of pyridine rings is 1. The molecule has 1 amide bonds. The maximum absolute atomic E-state index is 12.7. The highest BCUT2D eigenvalue weighted by Crippen LogP contribution is 2.34. The van der Waals surface area contributed by atoms with Gasteiger partial charge in [0, 0.05) is 49.6 Å². The molecule has 3 aromatic rings. The van der Waals surface area contributed by atoms with E-state index in [2.05, 4.69) is 20.2 Å². The van der Waals surface area contributed by atoms with Gasteiger partial charge in [-0.25, -0.2) is 9.97 Å². The molecule has 6 rings (SSSR count). The standard InChI is InChI=1S/C24H23N5O4/c30-24-22-17(5-7-26-24)23(29-8-9-31-20(13-29)16-2-1-6-25-12-16)28-21(27-22)11-15-3-4-18-19(10-15)33-14-32-18/h1-4,6,10,12,20H,5,7-9,11,13-14H2,(H,26,30). The van der Waals surface area contributed by atoms with Crippen LogP contribution in [0.4, 0.5) is 5.82 Å². The third kappa shape index (κ3) is 3.84. The molecular weight excluding hydrogens is 422 g/mol. The van der Waals surface area contributed by atoms with E-state index in [1.165, 1.54) is 0 Å². The Labute approximate surface area is 190 Å². The second-order valence-corrected chi connectivity index (χ2v) is 8.25. The van der Waals surface area contributed by atoms with Gasteiger partial charge in [0.1, 0.15) is 23.4 Å². The lowest BCUT2D eigenvalue weighted by Crippen LogP contribution is -2.41. The first-order valence-electron chi connectivity index (χ1n) is 11.1. The van der Waals surface area contributed by atoms with Gasteiger partial charge in [0.15, 0.2) is 11.5 Å². The van der Waals surface area contributed by atoms with Crippen molar-refractivity contribution in [2.24, 2.45) is 0 Å². The molecule has 5 heterocycles. The quantitative estimate of drug-likeness (QED) is 0.652. The summed E-state index contributed by atoms with van der Waals surface area (Å²) in [4.78, 5) is 28.7. The minimum atomic E-state index is -0.149. The van der Waals surface area contributed by atoms with Gasteiger partial charge < -0.3 is 24.4 Å². The van der Waals surface area contributed by atoms with Gasteiger partial charge in [-0.15, -0.1) is 0 Å². The molecular formula is C24H23N5O4. The summed E-state index contributed by atoms with van der Waals surface area (Å²) in [6, 6.07) is 9.75. The number of rotatable bonds is 4. The SMILES string of the molecule is O=C1NCCc2c1nc(Cc1ccc3c(c1)OCO3)nc2N1CCOC(c2cccnc2)C1. The zero-order valence-corrected chi connectivity index (χ0v) is 18.0. The third-order valence-corrected chi connectivity index (χ3v) is 6.13. The number of ether oxygens (including phenoxy) is 3. The molecule has 0 saturated carbocycles. The monoisotopic (exact) mass is 445 g/mol. The Bertz CT molecular complexity index is 1200. The smallest absolute Gasteiger partial charge is 0.270 e. The first-order valence-corrected chi connectivity index (χ1v) is 11.1. The molecule has 168 valence electrons. The molecule has 1 aromatic carbocycles. The van der Waals surface area contributed by atoms with Crippen molar-refractivity contribution in [3.05, 3.63) is 70.9 Å². The Kier molecular flexibility index (Phi) is 5.03. The summed E-state index contributed by atoms with van der Waals surface area (Å²) in [5, 5.41) is 2.91. The number of amides is 1. The number of fused-ring (bicyclic) bond motifs is 2. The van der Waals surface area contributed by atoms with Crippen LogP contribution in [0.3, 0.4) is 0 Å². The number of nitrogens with zero attached hydrogens (tertiary/aromatic N) is 4. The van der Waals surface area contributed by atoms with Gasteiger partial charge in [-0.1, -0.05) is 12.1 Å². The van der Waals surface area contributed by atoms with Crippen molar-refractivity contribution in [1.29, 1.82) is 0 Å². The molecule has 0 spiro atoms. The zero-order chi connectivity index (χ0) is 22.2. The van der Waals surface area contributed by atoms with Gasteiger partial charge in [-0.2, -0.15) is 0 Å². The van der Waals surface area contributed by atoms with Crippen LogP contribution < -0.4 is 19.7 Å². The fourth-order valence-electron chi connectivity index (χ4n) is 4.50. The second-order valence-electron chi connectivity index (χ2n) is 8.25. The van der Waals surface area contributed by atoms with Crippen molar-refractivity contribution < 1.29 is 19.0 Å². The van der Waals surface area contributed by atoms with Gasteiger partial charge in [0.2, 0.25) is 6.79 Å². The van der Waals surface area contributed by atoms with Gasteiger partial charge in [0.25, 0.3) is 5.91 Å². The molecule has 1 unspecified atom stereocenters. The van der Waals surface area contributed by atoms with Crippen LogP contribution in [0.25, 0.3) is 0 Å². The van der Waals surface area contributed by atoms with E-state index in [9.17, 15) is 4.79 Å². The minimum Gasteiger partial charge on any atom is -0.454 e. The van der Waals surface area contributed by atoms with Gasteiger partial charge in [0.05, 0.1) is 6.61 Å². The zero-order valence-electron chi connectivity index (χ0n) is 18.0. The lowest BCUT2D eigenvalue weighted by atomic mass is 10.0. The number of morpholine rings is 1. The number of carbonyl (C=O) groups excluding carboxylic acids is 1. The van der Waals surface area contributed by atoms with E-state index in [-0.39, 0.29) is 18.8 Å². The van der Waals surface area contributed by atoms with Crippen LogP contribution in [0.2, 0.25) is 0 Å². The van der Waals surface area contributed by atoms with E-state index in [0.717, 1.165) is 34.0 Å². The molecule has 0 bridgehead atoms. The number of benzene rings is 1. The number of anilines is 1. The molecule has 9 heteroatoms. The van der Waals surface area contributed by atoms with Crippen LogP contribution in [-0.2, 0) is 17.6 Å². The number of carbonyl (C=O) groups is 1. The molecule has 0 radical (unpaired) electrons. The molecule has 1 fully saturated rings. The molecule has 3 aliphatic heterocycles. The normalized spacial score (nSPS) is 19.2. The van der Waals surface area contributed by atoms with Gasteiger partial charge >= 0.3 is 0 Å². The van der Waals surface area contributed by atoms with E-state index < -0.39 is 0 Å². The van der Waals surface area contributed by atoms with E-state index in [1.807, 2.05) is 36.5 Å². The van der Waals surface area contributed by atoms with Crippen LogP contribution in [0.1, 0.15) is 39.1 Å². The van der Waals surface area contributed by atoms with Crippen LogP contribution in [-0.4, -0.2) is 53.9 Å². The number of hydrogen-bond donors (Lipinski definition) is 1. The van der Waals surface area contributed by atoms with Crippen LogP contribution in [0, 0.1) is 0 Å². The molecule has 2 aromatic heterocycles. The molecule has 1 saturated heterocycles. The topological polar surface area (TPSA) is 98.7 Å². The lowest BCUT2D eigenvalue weighted by Gasteiger charge is -2.35. The summed E-state index contributed by atoms with van der Waals surface area (Å²) >= 11 is 0. The van der Waals surface area contributed by atoms with Crippen molar-refractivity contribution in [1.82, 2.24) is 20.3 Å². The fourth-order valence-corrected chi connectivity index (χ4v) is 4.50. The number of aromatic nitrogens is 3. The third-order valence-electron chi connectivity index (χ3n) is 6.13. The average molecular weight is 445 g/mol. The second kappa shape index (κ2) is 8.32. The maximum Gasteiger partial charge on any atom is 0.270 e. The molecule has 33 heavy (non-hydrogen) atoms. The molecule has 9 nitrogen and oxygen atoms in total. The van der Waals surface area contributed by atoms with Crippen LogP contribution in [0.5, 0.6) is 11.5 Å². The maximum atomic E-state index is 12.7. The van der Waals surface area contributed by atoms with E-state index in [0.29, 0.717) is 50.6 Å². The summed E-state index contributed by atoms with van der Waals surface area (Å²) in [6.45, 7) is 2.72. The highest BCUT2D eigenvalue weighted by atomic mass is 16.7. The summed E-state index contributed by atoms with van der Waals surface area (Å²) in [7, 11) is 0. The highest BCUT2D eigenvalue weighted by molar-refractivity contribution is 5.96. The van der Waals surface area contributed by atoms with Crippen molar-refractivity contribution in [2.75, 3.05) is 37.9 Å². The van der Waals surface area contributed by atoms with Crippen LogP contribution >= 0.6 is 0 Å². The Morgan fingerprint density at radius 2 is 2.09 bits per heavy atom. The number of nitrogens with one attached hydrogen (secondary N) is 1. The van der Waals surface area contributed by atoms with Crippen molar-refractivity contribution >= 4 is 11.7 Å². The minimum absolute atomic E-state index is 0.104. The van der Waals surface area contributed by atoms with Crippen LogP contribution in [0.15, 0.2) is 42.7 Å². The highest BCUT2D eigenvalue weighted by Gasteiger charge is 2.30. The Balaban J connectivity index is 1.34. The summed E-state index contributed by atoms with van der Waals surface area (Å²) in [6.07, 6.45) is 4.68. The predicted octanol–water partition coefficient (Wildman–Crippen LogP) is 2.05. The van der Waals surface area contributed by atoms with E-state index in [1.54, 1.807) is 6.20 Å². The molecule has 0 aliphatic carbocycles. The summed E-state index contributed by atoms with van der Waals surface area (Å²) in [5.74, 6) is 2.73. The van der Waals surface area contributed by atoms with Crippen molar-refractivity contribution in [3.63, 3.8) is 0 Å². The molecule has 1 N–H and O–H groups in total. The average Bonchev–Trinajstić information content (AvgIpc) is 3.33. The Morgan fingerprint density at radius 3 is 3.00 bits per heavy atom. The first kappa shape index (κ1) is 19.9. The lowest BCUT2D eigenvalue weighted by molar-refractivity contribution is 0.0392. The Morgan fingerprint density at radius 1 is 1.15 bits per heavy atom. The predicted molar refractivity (Wildman–Crippen MR) is 119 cm³/mol. The largest absolute Gasteiger partial charge is 0.454 e. The first-order chi connectivity index (χ1) is 16.2. The van der Waals surface area contributed by atoms with Crippen molar-refractivity contribution in [2.45, 2.75) is 18.9 Å². The van der Waals surface area contributed by atoms with Gasteiger partial charge in [-0.05, 0) is 30.2 Å². The molecule has 3 aliphatic rings. The van der Waals surface area contributed by atoms with E-state index >= 15 is 0 Å². The molecule has 1 atom stereocenters. The van der Waals surface area contributed by atoms with Crippen molar-refractivity contribution in [3.8, 4) is 11.5 Å². The number of hydrogen-bond acceptors (Lipinski definition) is 8. The van der Waals surface area contributed by atoms with E-state index in [4.69, 9.17) is 19.2 Å².